The highest BCUT2D eigenvalue weighted by molar-refractivity contribution is 7.23. The van der Waals surface area contributed by atoms with Crippen LogP contribution in [0.25, 0.3) is 31.8 Å². The third-order valence-corrected chi connectivity index (χ3v) is 5.96. The van der Waals surface area contributed by atoms with Crippen molar-refractivity contribution in [3.05, 3.63) is 76.5 Å². The van der Waals surface area contributed by atoms with Gasteiger partial charge in [-0.05, 0) is 42.0 Å². The molecule has 5 rings (SSSR count). The number of aromatic amines is 1. The van der Waals surface area contributed by atoms with Crippen LogP contribution in [-0.2, 0) is 6.54 Å². The fourth-order valence-corrected chi connectivity index (χ4v) is 4.59. The molecule has 2 N–H and O–H groups in total. The Morgan fingerprint density at radius 2 is 2.03 bits per heavy atom. The number of hydrogen-bond donors (Lipinski definition) is 2. The number of H-pyrrole nitrogens is 1. The third kappa shape index (κ3) is 3.00. The number of ether oxygens (including phenoxy) is 1. The fraction of sp³-hybridized carbons (Fsp3) is 0.0909. The Kier molecular flexibility index (Phi) is 4.17. The zero-order valence-corrected chi connectivity index (χ0v) is 16.3. The standard InChI is InChI=1S/C22H16FN3O2S/c1-28-14-4-2-3-12(9-14)11-25-22-26-19-15-6-5-13(23)10-17(15)18-16(20(19)29-22)7-8-24-21(18)27/h2-10H,11H2,1H3,(H,24,27)(H,25,26). The van der Waals surface area contributed by atoms with E-state index >= 15 is 0 Å². The van der Waals surface area contributed by atoms with E-state index in [0.717, 1.165) is 37.4 Å². The van der Waals surface area contributed by atoms with E-state index in [4.69, 9.17) is 9.72 Å². The number of rotatable bonds is 4. The van der Waals surface area contributed by atoms with Crippen LogP contribution in [0, 0.1) is 5.82 Å². The molecule has 5 aromatic rings. The second kappa shape index (κ2) is 6.86. The Balaban J connectivity index is 1.66. The Bertz CT molecular complexity index is 1440. The van der Waals surface area contributed by atoms with E-state index in [1.54, 1.807) is 19.4 Å². The summed E-state index contributed by atoms with van der Waals surface area (Å²) in [5, 5.41) is 6.67. The average Bonchev–Trinajstić information content (AvgIpc) is 3.17. The lowest BCUT2D eigenvalue weighted by Gasteiger charge is -2.05. The highest BCUT2D eigenvalue weighted by atomic mass is 32.1. The number of methoxy groups -OCH3 is 1. The Hall–Kier alpha value is -3.45. The smallest absolute Gasteiger partial charge is 0.256 e. The summed E-state index contributed by atoms with van der Waals surface area (Å²) in [4.78, 5) is 19.9. The minimum Gasteiger partial charge on any atom is -0.497 e. The quantitative estimate of drug-likeness (QED) is 0.411. The van der Waals surface area contributed by atoms with Crippen molar-refractivity contribution < 1.29 is 9.13 Å². The number of hydrogen-bond acceptors (Lipinski definition) is 5. The summed E-state index contributed by atoms with van der Waals surface area (Å²) in [6, 6.07) is 14.1. The van der Waals surface area contributed by atoms with Gasteiger partial charge >= 0.3 is 0 Å². The highest BCUT2D eigenvalue weighted by Crippen LogP contribution is 2.38. The zero-order valence-electron chi connectivity index (χ0n) is 15.5. The van der Waals surface area contributed by atoms with Gasteiger partial charge in [0.2, 0.25) is 0 Å². The van der Waals surface area contributed by atoms with E-state index < -0.39 is 0 Å². The molecule has 2 aromatic heterocycles. The highest BCUT2D eigenvalue weighted by Gasteiger charge is 2.16. The first kappa shape index (κ1) is 17.6. The summed E-state index contributed by atoms with van der Waals surface area (Å²) in [7, 11) is 1.64. The van der Waals surface area contributed by atoms with Gasteiger partial charge in [-0.25, -0.2) is 9.37 Å². The van der Waals surface area contributed by atoms with Crippen molar-refractivity contribution in [3.8, 4) is 5.75 Å². The van der Waals surface area contributed by atoms with Crippen LogP contribution in [0.2, 0.25) is 0 Å². The predicted octanol–water partition coefficient (Wildman–Crippen LogP) is 5.05. The van der Waals surface area contributed by atoms with Gasteiger partial charge in [0.25, 0.3) is 5.56 Å². The molecule has 0 amide bonds. The molecule has 2 heterocycles. The van der Waals surface area contributed by atoms with Crippen molar-refractivity contribution >= 4 is 48.2 Å². The molecule has 29 heavy (non-hydrogen) atoms. The van der Waals surface area contributed by atoms with Crippen LogP contribution in [0.1, 0.15) is 5.56 Å². The minimum absolute atomic E-state index is 0.237. The first-order valence-electron chi connectivity index (χ1n) is 9.04. The van der Waals surface area contributed by atoms with Gasteiger partial charge in [-0.2, -0.15) is 0 Å². The maximum absolute atomic E-state index is 13.9. The van der Waals surface area contributed by atoms with Gasteiger partial charge in [-0.15, -0.1) is 0 Å². The molecule has 7 heteroatoms. The van der Waals surface area contributed by atoms with Crippen molar-refractivity contribution in [2.45, 2.75) is 6.54 Å². The largest absolute Gasteiger partial charge is 0.497 e. The van der Waals surface area contributed by atoms with E-state index in [9.17, 15) is 9.18 Å². The predicted molar refractivity (Wildman–Crippen MR) is 116 cm³/mol. The lowest BCUT2D eigenvalue weighted by Crippen LogP contribution is -2.05. The van der Waals surface area contributed by atoms with Gasteiger partial charge in [0.15, 0.2) is 5.13 Å². The van der Waals surface area contributed by atoms with Gasteiger partial charge in [0.05, 0.1) is 22.7 Å². The van der Waals surface area contributed by atoms with Crippen LogP contribution in [-0.4, -0.2) is 17.1 Å². The van der Waals surface area contributed by atoms with Gasteiger partial charge < -0.3 is 15.0 Å². The maximum Gasteiger partial charge on any atom is 0.256 e. The number of anilines is 1. The molecular formula is C22H16FN3O2S. The summed E-state index contributed by atoms with van der Waals surface area (Å²) < 4.78 is 20.1. The SMILES string of the molecule is COc1cccc(CNc2nc3c4ccc(F)cc4c4c(=O)[nH]ccc4c3s2)c1. The van der Waals surface area contributed by atoms with E-state index in [0.29, 0.717) is 17.3 Å². The number of thiazole rings is 1. The first-order valence-corrected chi connectivity index (χ1v) is 9.85. The maximum atomic E-state index is 13.9. The lowest BCUT2D eigenvalue weighted by atomic mass is 10.0. The molecular weight excluding hydrogens is 389 g/mol. The summed E-state index contributed by atoms with van der Waals surface area (Å²) >= 11 is 1.48. The molecule has 3 aromatic carbocycles. The number of halogens is 1. The van der Waals surface area contributed by atoms with Crippen molar-refractivity contribution in [2.75, 3.05) is 12.4 Å². The van der Waals surface area contributed by atoms with Crippen LogP contribution >= 0.6 is 11.3 Å². The number of aromatic nitrogens is 2. The molecule has 0 atom stereocenters. The zero-order chi connectivity index (χ0) is 20.0. The number of nitrogens with one attached hydrogen (secondary N) is 2. The summed E-state index contributed by atoms with van der Waals surface area (Å²) in [5.74, 6) is 0.417. The Morgan fingerprint density at radius 3 is 2.90 bits per heavy atom. The summed E-state index contributed by atoms with van der Waals surface area (Å²) in [6.07, 6.45) is 1.61. The van der Waals surface area contributed by atoms with Crippen molar-refractivity contribution in [1.29, 1.82) is 0 Å². The van der Waals surface area contributed by atoms with Crippen LogP contribution in [0.5, 0.6) is 5.75 Å². The molecule has 0 aliphatic rings. The normalized spacial score (nSPS) is 11.4. The average molecular weight is 405 g/mol. The van der Waals surface area contributed by atoms with Crippen molar-refractivity contribution in [1.82, 2.24) is 9.97 Å². The summed E-state index contributed by atoms with van der Waals surface area (Å²) in [5.41, 5.74) is 1.59. The fourth-order valence-electron chi connectivity index (χ4n) is 3.59. The topological polar surface area (TPSA) is 67.0 Å². The van der Waals surface area contributed by atoms with Crippen LogP contribution in [0.3, 0.4) is 0 Å². The lowest BCUT2D eigenvalue weighted by molar-refractivity contribution is 0.414. The molecule has 0 fully saturated rings. The van der Waals surface area contributed by atoms with Crippen molar-refractivity contribution in [3.63, 3.8) is 0 Å². The molecule has 0 saturated heterocycles. The number of benzene rings is 3. The number of pyridine rings is 1. The van der Waals surface area contributed by atoms with E-state index in [1.165, 1.54) is 23.5 Å². The molecule has 144 valence electrons. The van der Waals surface area contributed by atoms with Gasteiger partial charge in [0, 0.05) is 28.9 Å². The molecule has 0 unspecified atom stereocenters. The van der Waals surface area contributed by atoms with Crippen molar-refractivity contribution in [2.24, 2.45) is 0 Å². The molecule has 0 aliphatic heterocycles. The molecule has 5 nitrogen and oxygen atoms in total. The number of fused-ring (bicyclic) bond motifs is 6. The Labute approximate surface area is 168 Å². The van der Waals surface area contributed by atoms with Gasteiger partial charge in [-0.1, -0.05) is 23.5 Å². The van der Waals surface area contributed by atoms with Gasteiger partial charge in [-0.3, -0.25) is 4.79 Å². The first-order chi connectivity index (χ1) is 14.1. The Morgan fingerprint density at radius 1 is 1.14 bits per heavy atom. The number of nitrogens with zero attached hydrogens (tertiary/aromatic N) is 1. The molecule has 0 bridgehead atoms. The molecule has 0 spiro atoms. The van der Waals surface area contributed by atoms with E-state index in [1.807, 2.05) is 30.3 Å². The molecule has 0 radical (unpaired) electrons. The third-order valence-electron chi connectivity index (χ3n) is 4.92. The monoisotopic (exact) mass is 405 g/mol. The minimum atomic E-state index is -0.381. The van der Waals surface area contributed by atoms with E-state index in [2.05, 4.69) is 10.3 Å². The van der Waals surface area contributed by atoms with E-state index in [-0.39, 0.29) is 11.4 Å². The second-order valence-electron chi connectivity index (χ2n) is 6.69. The van der Waals surface area contributed by atoms with Crippen LogP contribution in [0.15, 0.2) is 59.5 Å². The van der Waals surface area contributed by atoms with Gasteiger partial charge in [0.1, 0.15) is 11.6 Å². The molecule has 0 aliphatic carbocycles. The summed E-state index contributed by atoms with van der Waals surface area (Å²) in [6.45, 7) is 0.585. The van der Waals surface area contributed by atoms with Crippen LogP contribution < -0.4 is 15.6 Å². The molecule has 0 saturated carbocycles. The van der Waals surface area contributed by atoms with Crippen LogP contribution in [0.4, 0.5) is 9.52 Å². The second-order valence-corrected chi connectivity index (χ2v) is 7.69.